The zero-order chi connectivity index (χ0) is 17.4. The summed E-state index contributed by atoms with van der Waals surface area (Å²) in [5, 5.41) is 14.5. The summed E-state index contributed by atoms with van der Waals surface area (Å²) in [4.78, 5) is 23.3. The number of nitriles is 1. The Bertz CT molecular complexity index is 655. The standard InChI is InChI=1S/C17H19N3O4/c1-23-17(22)13(9-18)10-19-14-6-4-12(5-7-14)16(21)20-11-15-3-2-8-24-15/h4-7,10,15,19H,2-3,8,11H2,1H3,(H,20,21)/b13-10-. The van der Waals surface area contributed by atoms with Crippen molar-refractivity contribution in [2.75, 3.05) is 25.6 Å². The Balaban J connectivity index is 1.90. The fraction of sp³-hybridized carbons (Fsp3) is 0.353. The second kappa shape index (κ2) is 8.70. The number of hydrogen-bond acceptors (Lipinski definition) is 6. The fourth-order valence-electron chi connectivity index (χ4n) is 2.23. The number of nitrogens with zero attached hydrogens (tertiary/aromatic N) is 1. The minimum atomic E-state index is -0.713. The third-order valence-electron chi connectivity index (χ3n) is 3.57. The van der Waals surface area contributed by atoms with Gasteiger partial charge in [-0.2, -0.15) is 5.26 Å². The van der Waals surface area contributed by atoms with E-state index in [4.69, 9.17) is 10.00 Å². The number of esters is 1. The quantitative estimate of drug-likeness (QED) is 0.467. The van der Waals surface area contributed by atoms with E-state index in [2.05, 4.69) is 15.4 Å². The van der Waals surface area contributed by atoms with Gasteiger partial charge in [-0.15, -0.1) is 0 Å². The third-order valence-corrected chi connectivity index (χ3v) is 3.57. The van der Waals surface area contributed by atoms with E-state index in [9.17, 15) is 9.59 Å². The number of hydrogen-bond donors (Lipinski definition) is 2. The van der Waals surface area contributed by atoms with E-state index in [-0.39, 0.29) is 17.6 Å². The molecule has 2 rings (SSSR count). The van der Waals surface area contributed by atoms with E-state index >= 15 is 0 Å². The van der Waals surface area contributed by atoms with Gasteiger partial charge in [-0.1, -0.05) is 0 Å². The minimum Gasteiger partial charge on any atom is -0.465 e. The Kier molecular flexibility index (Phi) is 6.34. The van der Waals surface area contributed by atoms with Crippen molar-refractivity contribution < 1.29 is 19.1 Å². The first-order valence-corrected chi connectivity index (χ1v) is 7.59. The molecule has 1 heterocycles. The number of nitrogens with one attached hydrogen (secondary N) is 2. The predicted octanol–water partition coefficient (Wildman–Crippen LogP) is 1.59. The predicted molar refractivity (Wildman–Crippen MR) is 87.1 cm³/mol. The van der Waals surface area contributed by atoms with E-state index in [1.165, 1.54) is 13.3 Å². The number of anilines is 1. The molecule has 0 aliphatic carbocycles. The Morgan fingerprint density at radius 1 is 1.42 bits per heavy atom. The Labute approximate surface area is 140 Å². The molecule has 1 atom stereocenters. The van der Waals surface area contributed by atoms with E-state index in [0.29, 0.717) is 17.8 Å². The summed E-state index contributed by atoms with van der Waals surface area (Å²) in [7, 11) is 1.21. The molecule has 1 amide bonds. The van der Waals surface area contributed by atoms with Crippen molar-refractivity contribution in [3.63, 3.8) is 0 Å². The zero-order valence-electron chi connectivity index (χ0n) is 13.4. The van der Waals surface area contributed by atoms with Crippen molar-refractivity contribution in [3.8, 4) is 6.07 Å². The molecule has 0 saturated carbocycles. The van der Waals surface area contributed by atoms with E-state index < -0.39 is 5.97 Å². The lowest BCUT2D eigenvalue weighted by Crippen LogP contribution is -2.31. The maximum absolute atomic E-state index is 12.1. The molecule has 2 N–H and O–H groups in total. The van der Waals surface area contributed by atoms with E-state index in [0.717, 1.165) is 19.4 Å². The van der Waals surface area contributed by atoms with Crippen molar-refractivity contribution in [2.24, 2.45) is 0 Å². The summed E-state index contributed by atoms with van der Waals surface area (Å²) in [5.41, 5.74) is 1.02. The molecule has 0 radical (unpaired) electrons. The number of benzene rings is 1. The van der Waals surface area contributed by atoms with Gasteiger partial charge in [0.15, 0.2) is 5.57 Å². The first-order chi connectivity index (χ1) is 11.6. The topological polar surface area (TPSA) is 100 Å². The number of methoxy groups -OCH3 is 1. The molecule has 1 aliphatic rings. The van der Waals surface area contributed by atoms with Gasteiger partial charge in [-0.05, 0) is 37.1 Å². The smallest absolute Gasteiger partial charge is 0.350 e. The lowest BCUT2D eigenvalue weighted by Gasteiger charge is -2.11. The van der Waals surface area contributed by atoms with Crippen LogP contribution in [0.3, 0.4) is 0 Å². The summed E-state index contributed by atoms with van der Waals surface area (Å²) < 4.78 is 9.93. The zero-order valence-corrected chi connectivity index (χ0v) is 13.4. The SMILES string of the molecule is COC(=O)/C(C#N)=C\Nc1ccc(C(=O)NCC2CCCO2)cc1. The molecule has 0 spiro atoms. The number of rotatable bonds is 6. The fourth-order valence-corrected chi connectivity index (χ4v) is 2.23. The highest BCUT2D eigenvalue weighted by Gasteiger charge is 2.16. The van der Waals surface area contributed by atoms with Gasteiger partial charge >= 0.3 is 5.97 Å². The molecule has 126 valence electrons. The molecule has 1 aromatic carbocycles. The lowest BCUT2D eigenvalue weighted by molar-refractivity contribution is -0.135. The summed E-state index contributed by atoms with van der Waals surface area (Å²) in [6.45, 7) is 1.26. The first kappa shape index (κ1) is 17.5. The van der Waals surface area contributed by atoms with Gasteiger partial charge in [-0.3, -0.25) is 4.79 Å². The van der Waals surface area contributed by atoms with E-state index in [1.54, 1.807) is 30.3 Å². The normalized spacial score (nSPS) is 17.0. The first-order valence-electron chi connectivity index (χ1n) is 7.59. The second-order valence-electron chi connectivity index (χ2n) is 5.23. The van der Waals surface area contributed by atoms with Crippen LogP contribution < -0.4 is 10.6 Å². The minimum absolute atomic E-state index is 0.0998. The summed E-state index contributed by atoms with van der Waals surface area (Å²) >= 11 is 0. The Morgan fingerprint density at radius 2 is 2.17 bits per heavy atom. The molecule has 7 nitrogen and oxygen atoms in total. The van der Waals surface area contributed by atoms with Crippen LogP contribution in [-0.2, 0) is 14.3 Å². The van der Waals surface area contributed by atoms with Crippen molar-refractivity contribution >= 4 is 17.6 Å². The van der Waals surface area contributed by atoms with Gasteiger partial charge in [-0.25, -0.2) is 4.79 Å². The van der Waals surface area contributed by atoms with Crippen LogP contribution in [-0.4, -0.2) is 38.2 Å². The third kappa shape index (κ3) is 4.83. The monoisotopic (exact) mass is 329 g/mol. The van der Waals surface area contributed by atoms with Crippen LogP contribution in [0.2, 0.25) is 0 Å². The van der Waals surface area contributed by atoms with E-state index in [1.807, 2.05) is 0 Å². The number of amides is 1. The van der Waals surface area contributed by atoms with Gasteiger partial charge in [0.2, 0.25) is 0 Å². The Morgan fingerprint density at radius 3 is 2.75 bits per heavy atom. The highest BCUT2D eigenvalue weighted by Crippen LogP contribution is 2.12. The van der Waals surface area contributed by atoms with Crippen LogP contribution in [0.1, 0.15) is 23.2 Å². The molecule has 1 aliphatic heterocycles. The molecular weight excluding hydrogens is 310 g/mol. The molecule has 1 unspecified atom stereocenters. The Hall–Kier alpha value is -2.85. The molecule has 1 aromatic rings. The molecule has 24 heavy (non-hydrogen) atoms. The summed E-state index contributed by atoms with van der Waals surface area (Å²) in [6.07, 6.45) is 3.36. The summed E-state index contributed by atoms with van der Waals surface area (Å²) in [6, 6.07) is 8.43. The van der Waals surface area contributed by atoms with Crippen LogP contribution >= 0.6 is 0 Å². The number of ether oxygens (including phenoxy) is 2. The highest BCUT2D eigenvalue weighted by atomic mass is 16.5. The van der Waals surface area contributed by atoms with Crippen molar-refractivity contribution in [2.45, 2.75) is 18.9 Å². The van der Waals surface area contributed by atoms with Crippen LogP contribution in [0.25, 0.3) is 0 Å². The van der Waals surface area contributed by atoms with Crippen molar-refractivity contribution in [3.05, 3.63) is 41.6 Å². The molecule has 0 aromatic heterocycles. The highest BCUT2D eigenvalue weighted by molar-refractivity contribution is 5.95. The van der Waals surface area contributed by atoms with Crippen LogP contribution in [0, 0.1) is 11.3 Å². The lowest BCUT2D eigenvalue weighted by atomic mass is 10.2. The largest absolute Gasteiger partial charge is 0.465 e. The second-order valence-corrected chi connectivity index (χ2v) is 5.23. The van der Waals surface area contributed by atoms with Gasteiger partial charge in [0.05, 0.1) is 13.2 Å². The molecule has 1 saturated heterocycles. The molecule has 0 bridgehead atoms. The molecule has 1 fully saturated rings. The van der Waals surface area contributed by atoms with Gasteiger partial charge in [0.1, 0.15) is 6.07 Å². The van der Waals surface area contributed by atoms with Gasteiger partial charge in [0, 0.05) is 30.6 Å². The number of carbonyl (C=O) groups is 2. The average Bonchev–Trinajstić information content (AvgIpc) is 3.14. The number of carbonyl (C=O) groups excluding carboxylic acids is 2. The van der Waals surface area contributed by atoms with Gasteiger partial charge < -0.3 is 20.1 Å². The maximum Gasteiger partial charge on any atom is 0.350 e. The van der Waals surface area contributed by atoms with Gasteiger partial charge in [0.25, 0.3) is 5.91 Å². The van der Waals surface area contributed by atoms with Crippen LogP contribution in [0.15, 0.2) is 36.0 Å². The van der Waals surface area contributed by atoms with Crippen LogP contribution in [0.4, 0.5) is 5.69 Å². The van der Waals surface area contributed by atoms with Crippen molar-refractivity contribution in [1.29, 1.82) is 5.26 Å². The molecule has 7 heteroatoms. The molecular formula is C17H19N3O4. The summed E-state index contributed by atoms with van der Waals surface area (Å²) in [5.74, 6) is -0.880. The van der Waals surface area contributed by atoms with Crippen LogP contribution in [0.5, 0.6) is 0 Å². The van der Waals surface area contributed by atoms with Crippen molar-refractivity contribution in [1.82, 2.24) is 5.32 Å². The average molecular weight is 329 g/mol. The maximum atomic E-state index is 12.1.